The maximum Gasteiger partial charge on any atom is 0.116 e. The average Bonchev–Trinajstić information content (AvgIpc) is 2.30. The fourth-order valence-electron chi connectivity index (χ4n) is 1.61. The summed E-state index contributed by atoms with van der Waals surface area (Å²) in [6, 6.07) is 13.2. The molecular formula is C15H15NO. The van der Waals surface area contributed by atoms with Crippen molar-refractivity contribution < 1.29 is 5.11 Å². The highest BCUT2D eigenvalue weighted by molar-refractivity contribution is 5.82. The number of hydrogen-bond acceptors (Lipinski definition) is 2. The molecule has 0 atom stereocenters. The Morgan fingerprint density at radius 1 is 1.06 bits per heavy atom. The van der Waals surface area contributed by atoms with Crippen LogP contribution in [0.15, 0.2) is 47.5 Å². The van der Waals surface area contributed by atoms with Gasteiger partial charge in [-0.1, -0.05) is 24.3 Å². The lowest BCUT2D eigenvalue weighted by atomic mass is 10.1. The molecule has 0 saturated carbocycles. The van der Waals surface area contributed by atoms with Crippen LogP contribution in [0.4, 0.5) is 5.69 Å². The van der Waals surface area contributed by atoms with E-state index < -0.39 is 0 Å². The highest BCUT2D eigenvalue weighted by atomic mass is 16.3. The quantitative estimate of drug-likeness (QED) is 0.775. The van der Waals surface area contributed by atoms with Crippen molar-refractivity contribution >= 4 is 11.9 Å². The van der Waals surface area contributed by atoms with Crippen LogP contribution in [0.5, 0.6) is 5.75 Å². The number of aromatic hydroxyl groups is 1. The summed E-state index contributed by atoms with van der Waals surface area (Å²) in [7, 11) is 0. The van der Waals surface area contributed by atoms with Crippen LogP contribution in [0.25, 0.3) is 0 Å². The summed E-state index contributed by atoms with van der Waals surface area (Å²) in [6.45, 7) is 4.08. The molecule has 0 aliphatic rings. The second-order valence-electron chi connectivity index (χ2n) is 4.14. The van der Waals surface area contributed by atoms with Crippen LogP contribution in [-0.2, 0) is 0 Å². The molecule has 2 aromatic rings. The van der Waals surface area contributed by atoms with Crippen LogP contribution >= 0.6 is 0 Å². The fraction of sp³-hybridized carbons (Fsp3) is 0.133. The van der Waals surface area contributed by atoms with Crippen LogP contribution in [0.2, 0.25) is 0 Å². The van der Waals surface area contributed by atoms with Crippen LogP contribution < -0.4 is 0 Å². The van der Waals surface area contributed by atoms with Crippen molar-refractivity contribution in [1.29, 1.82) is 0 Å². The molecule has 0 radical (unpaired) electrons. The number of aliphatic imine (C=N–C) groups is 1. The molecule has 1 N–H and O–H groups in total. The van der Waals surface area contributed by atoms with Gasteiger partial charge in [-0.3, -0.25) is 4.99 Å². The Hall–Kier alpha value is -2.09. The van der Waals surface area contributed by atoms with Gasteiger partial charge in [0.1, 0.15) is 5.75 Å². The topological polar surface area (TPSA) is 32.6 Å². The van der Waals surface area contributed by atoms with E-state index in [1.807, 2.05) is 19.9 Å². The van der Waals surface area contributed by atoms with E-state index >= 15 is 0 Å². The largest absolute Gasteiger partial charge is 0.508 e. The molecule has 0 aliphatic heterocycles. The number of phenols is 1. The van der Waals surface area contributed by atoms with Gasteiger partial charge < -0.3 is 5.11 Å². The van der Waals surface area contributed by atoms with Gasteiger partial charge in [-0.05, 0) is 48.7 Å². The molecule has 0 fully saturated rings. The SMILES string of the molecule is Cc1ccc(C)c(N=Cc2cccc(O)c2)c1. The summed E-state index contributed by atoms with van der Waals surface area (Å²) in [6.07, 6.45) is 1.77. The van der Waals surface area contributed by atoms with Gasteiger partial charge in [0.2, 0.25) is 0 Å². The smallest absolute Gasteiger partial charge is 0.116 e. The van der Waals surface area contributed by atoms with Gasteiger partial charge in [-0.25, -0.2) is 0 Å². The molecule has 0 saturated heterocycles. The molecule has 2 aromatic carbocycles. The lowest BCUT2D eigenvalue weighted by Crippen LogP contribution is -1.81. The van der Waals surface area contributed by atoms with Gasteiger partial charge in [-0.2, -0.15) is 0 Å². The zero-order chi connectivity index (χ0) is 12.3. The number of nitrogens with zero attached hydrogens (tertiary/aromatic N) is 1. The van der Waals surface area contributed by atoms with E-state index in [1.54, 1.807) is 24.4 Å². The zero-order valence-corrected chi connectivity index (χ0v) is 10.0. The Labute approximate surface area is 101 Å². The highest BCUT2D eigenvalue weighted by Gasteiger charge is 1.96. The lowest BCUT2D eigenvalue weighted by molar-refractivity contribution is 0.475. The van der Waals surface area contributed by atoms with E-state index in [2.05, 4.69) is 23.2 Å². The van der Waals surface area contributed by atoms with E-state index in [1.165, 1.54) is 5.56 Å². The van der Waals surface area contributed by atoms with E-state index in [0.717, 1.165) is 16.8 Å². The minimum atomic E-state index is 0.259. The molecule has 2 nitrogen and oxygen atoms in total. The van der Waals surface area contributed by atoms with E-state index in [9.17, 15) is 5.11 Å². The Morgan fingerprint density at radius 2 is 1.88 bits per heavy atom. The minimum Gasteiger partial charge on any atom is -0.508 e. The zero-order valence-electron chi connectivity index (χ0n) is 10.0. The lowest BCUT2D eigenvalue weighted by Gasteiger charge is -2.01. The summed E-state index contributed by atoms with van der Waals surface area (Å²) >= 11 is 0. The van der Waals surface area contributed by atoms with Crippen molar-refractivity contribution in [1.82, 2.24) is 0 Å². The molecule has 0 unspecified atom stereocenters. The summed E-state index contributed by atoms with van der Waals surface area (Å²) in [5.41, 5.74) is 4.20. The summed E-state index contributed by atoms with van der Waals surface area (Å²) < 4.78 is 0. The first-order valence-corrected chi connectivity index (χ1v) is 5.55. The number of phenolic OH excluding ortho intramolecular Hbond substituents is 1. The number of aryl methyl sites for hydroxylation is 2. The maximum atomic E-state index is 9.35. The Bertz CT molecular complexity index is 559. The van der Waals surface area contributed by atoms with Gasteiger partial charge in [-0.15, -0.1) is 0 Å². The number of benzene rings is 2. The van der Waals surface area contributed by atoms with Crippen LogP contribution in [0, 0.1) is 13.8 Å². The normalized spacial score (nSPS) is 10.9. The maximum absolute atomic E-state index is 9.35. The summed E-state index contributed by atoms with van der Waals surface area (Å²) in [5.74, 6) is 0.259. The predicted molar refractivity (Wildman–Crippen MR) is 71.3 cm³/mol. The predicted octanol–water partition coefficient (Wildman–Crippen LogP) is 3.76. The van der Waals surface area contributed by atoms with Gasteiger partial charge in [0, 0.05) is 6.21 Å². The van der Waals surface area contributed by atoms with Crippen molar-refractivity contribution in [3.63, 3.8) is 0 Å². The standard InChI is InChI=1S/C15H15NO/c1-11-6-7-12(2)15(8-11)16-10-13-4-3-5-14(17)9-13/h3-10,17H,1-2H3. The van der Waals surface area contributed by atoms with Crippen molar-refractivity contribution in [2.24, 2.45) is 4.99 Å². The minimum absolute atomic E-state index is 0.259. The third-order valence-electron chi connectivity index (χ3n) is 2.59. The first-order chi connectivity index (χ1) is 8.15. The Kier molecular flexibility index (Phi) is 3.24. The molecule has 0 heterocycles. The third kappa shape index (κ3) is 2.94. The molecule has 2 heteroatoms. The Morgan fingerprint density at radius 3 is 2.65 bits per heavy atom. The van der Waals surface area contributed by atoms with Crippen LogP contribution in [-0.4, -0.2) is 11.3 Å². The van der Waals surface area contributed by atoms with Gasteiger partial charge in [0.25, 0.3) is 0 Å². The van der Waals surface area contributed by atoms with Gasteiger partial charge in [0.05, 0.1) is 5.69 Å². The monoisotopic (exact) mass is 225 g/mol. The molecule has 17 heavy (non-hydrogen) atoms. The van der Waals surface area contributed by atoms with Gasteiger partial charge in [0.15, 0.2) is 0 Å². The second-order valence-corrected chi connectivity index (χ2v) is 4.14. The molecule has 86 valence electrons. The molecule has 0 aliphatic carbocycles. The van der Waals surface area contributed by atoms with Crippen molar-refractivity contribution in [3.8, 4) is 5.75 Å². The van der Waals surface area contributed by atoms with Gasteiger partial charge >= 0.3 is 0 Å². The summed E-state index contributed by atoms with van der Waals surface area (Å²) in [5, 5.41) is 9.35. The fourth-order valence-corrected chi connectivity index (χ4v) is 1.61. The first kappa shape index (κ1) is 11.4. The third-order valence-corrected chi connectivity index (χ3v) is 2.59. The van der Waals surface area contributed by atoms with E-state index in [0.29, 0.717) is 0 Å². The van der Waals surface area contributed by atoms with E-state index in [4.69, 9.17) is 0 Å². The van der Waals surface area contributed by atoms with E-state index in [-0.39, 0.29) is 5.75 Å². The molecule has 0 spiro atoms. The molecule has 0 aromatic heterocycles. The number of rotatable bonds is 2. The second kappa shape index (κ2) is 4.83. The Balaban J connectivity index is 2.29. The number of hydrogen-bond donors (Lipinski definition) is 1. The molecule has 2 rings (SSSR count). The highest BCUT2D eigenvalue weighted by Crippen LogP contribution is 2.20. The van der Waals surface area contributed by atoms with Crippen molar-refractivity contribution in [2.45, 2.75) is 13.8 Å². The van der Waals surface area contributed by atoms with Crippen molar-refractivity contribution in [3.05, 3.63) is 59.2 Å². The molecular weight excluding hydrogens is 210 g/mol. The molecule has 0 amide bonds. The first-order valence-electron chi connectivity index (χ1n) is 5.55. The molecule has 0 bridgehead atoms. The van der Waals surface area contributed by atoms with Crippen molar-refractivity contribution in [2.75, 3.05) is 0 Å². The van der Waals surface area contributed by atoms with Crippen LogP contribution in [0.1, 0.15) is 16.7 Å². The van der Waals surface area contributed by atoms with Crippen LogP contribution in [0.3, 0.4) is 0 Å². The summed E-state index contributed by atoms with van der Waals surface area (Å²) in [4.78, 5) is 4.44. The average molecular weight is 225 g/mol.